The van der Waals surface area contributed by atoms with Gasteiger partial charge in [-0.05, 0) is 30.2 Å². The van der Waals surface area contributed by atoms with E-state index in [1.807, 2.05) is 12.1 Å². The van der Waals surface area contributed by atoms with Crippen molar-refractivity contribution < 1.29 is 14.3 Å². The van der Waals surface area contributed by atoms with Crippen molar-refractivity contribution in [3.63, 3.8) is 0 Å². The summed E-state index contributed by atoms with van der Waals surface area (Å²) in [5.74, 6) is 0.0749. The normalized spacial score (nSPS) is 15.6. The number of fused-ring (bicyclic) bond motifs is 1. The molecule has 0 unspecified atom stereocenters. The van der Waals surface area contributed by atoms with Crippen LogP contribution in [-0.2, 0) is 9.59 Å². The van der Waals surface area contributed by atoms with Crippen LogP contribution < -0.4 is 15.8 Å². The first-order valence-electron chi connectivity index (χ1n) is 9.00. The van der Waals surface area contributed by atoms with E-state index < -0.39 is 5.91 Å². The number of rotatable bonds is 5. The van der Waals surface area contributed by atoms with Crippen LogP contribution in [0.2, 0.25) is 0 Å². The molecular weight excluding hydrogens is 372 g/mol. The van der Waals surface area contributed by atoms with E-state index in [4.69, 9.17) is 10.5 Å². The second kappa shape index (κ2) is 7.48. The molecule has 1 atom stereocenters. The van der Waals surface area contributed by atoms with E-state index in [1.165, 1.54) is 5.56 Å². The zero-order chi connectivity index (χ0) is 19.7. The number of hydrogen-bond acceptors (Lipinski definition) is 4. The monoisotopic (exact) mass is 392 g/mol. The van der Waals surface area contributed by atoms with Crippen molar-refractivity contribution in [1.29, 1.82) is 0 Å². The second-order valence-electron chi connectivity index (χ2n) is 6.88. The molecule has 28 heavy (non-hydrogen) atoms. The average Bonchev–Trinajstić information content (AvgIpc) is 3.10. The van der Waals surface area contributed by atoms with Crippen LogP contribution in [-0.4, -0.2) is 18.4 Å². The van der Waals surface area contributed by atoms with Gasteiger partial charge in [-0.15, -0.1) is 11.3 Å². The van der Waals surface area contributed by atoms with Crippen LogP contribution in [0, 0.1) is 6.92 Å². The lowest BCUT2D eigenvalue weighted by atomic mass is 9.89. The molecule has 0 bridgehead atoms. The van der Waals surface area contributed by atoms with E-state index in [-0.39, 0.29) is 18.4 Å². The summed E-state index contributed by atoms with van der Waals surface area (Å²) in [5.41, 5.74) is 10.4. The van der Waals surface area contributed by atoms with Gasteiger partial charge < -0.3 is 15.8 Å². The first-order valence-corrected chi connectivity index (χ1v) is 9.88. The van der Waals surface area contributed by atoms with Gasteiger partial charge in [0.1, 0.15) is 5.75 Å². The lowest BCUT2D eigenvalue weighted by molar-refractivity contribution is -0.120. The molecule has 0 fully saturated rings. The summed E-state index contributed by atoms with van der Waals surface area (Å²) >= 11 is 1.67. The Kier molecular flexibility index (Phi) is 4.88. The summed E-state index contributed by atoms with van der Waals surface area (Å²) in [6, 6.07) is 15.8. The lowest BCUT2D eigenvalue weighted by Gasteiger charge is -2.24. The predicted molar refractivity (Wildman–Crippen MR) is 111 cm³/mol. The van der Waals surface area contributed by atoms with Gasteiger partial charge >= 0.3 is 0 Å². The van der Waals surface area contributed by atoms with E-state index >= 15 is 0 Å². The molecule has 3 aromatic rings. The molecule has 0 aliphatic carbocycles. The second-order valence-corrected chi connectivity index (χ2v) is 7.79. The maximum absolute atomic E-state index is 12.4. The number of nitrogens with two attached hydrogens (primary N) is 1. The highest BCUT2D eigenvalue weighted by molar-refractivity contribution is 7.11. The van der Waals surface area contributed by atoms with Gasteiger partial charge in [0.25, 0.3) is 5.91 Å². The van der Waals surface area contributed by atoms with Gasteiger partial charge in [0.05, 0.1) is 5.69 Å². The number of carbonyl (C=O) groups excluding carboxylic acids is 2. The molecule has 2 aromatic carbocycles. The molecule has 5 nitrogen and oxygen atoms in total. The molecule has 3 N–H and O–H groups in total. The number of primary amides is 1. The number of anilines is 1. The number of aryl methyl sites for hydroxylation is 1. The van der Waals surface area contributed by atoms with Crippen LogP contribution in [0.15, 0.2) is 53.9 Å². The van der Waals surface area contributed by atoms with Crippen molar-refractivity contribution in [2.75, 3.05) is 11.9 Å². The molecule has 1 aliphatic rings. The van der Waals surface area contributed by atoms with Gasteiger partial charge in [0, 0.05) is 28.2 Å². The van der Waals surface area contributed by atoms with E-state index in [1.54, 1.807) is 23.5 Å². The third-order valence-corrected chi connectivity index (χ3v) is 5.91. The summed E-state index contributed by atoms with van der Waals surface area (Å²) in [6.07, 6.45) is 0.405. The maximum Gasteiger partial charge on any atom is 0.255 e. The highest BCUT2D eigenvalue weighted by Gasteiger charge is 2.30. The number of ether oxygens (including phenoxy) is 1. The molecule has 0 radical (unpaired) electrons. The zero-order valence-electron chi connectivity index (χ0n) is 15.4. The SMILES string of the molecule is Cc1ccc(-c2csc3c2NC(=O)C[C@@H]3c2ccc(OCC(N)=O)cc2)cc1. The minimum absolute atomic E-state index is 0.00172. The predicted octanol–water partition coefficient (Wildman–Crippen LogP) is 4.06. The van der Waals surface area contributed by atoms with Crippen LogP contribution in [0.4, 0.5) is 5.69 Å². The van der Waals surface area contributed by atoms with Gasteiger partial charge in [0.2, 0.25) is 5.91 Å². The van der Waals surface area contributed by atoms with E-state index in [0.29, 0.717) is 12.2 Å². The maximum atomic E-state index is 12.4. The summed E-state index contributed by atoms with van der Waals surface area (Å²) in [5, 5.41) is 5.17. The summed E-state index contributed by atoms with van der Waals surface area (Å²) in [4.78, 5) is 24.4. The van der Waals surface area contributed by atoms with Crippen LogP contribution in [0.25, 0.3) is 11.1 Å². The van der Waals surface area contributed by atoms with E-state index in [9.17, 15) is 9.59 Å². The highest BCUT2D eigenvalue weighted by atomic mass is 32.1. The van der Waals surface area contributed by atoms with Crippen molar-refractivity contribution in [1.82, 2.24) is 0 Å². The van der Waals surface area contributed by atoms with Crippen molar-refractivity contribution in [2.45, 2.75) is 19.3 Å². The largest absolute Gasteiger partial charge is 0.484 e. The molecule has 1 aromatic heterocycles. The molecule has 4 rings (SSSR count). The molecule has 2 amide bonds. The Morgan fingerprint density at radius 3 is 2.57 bits per heavy atom. The molecule has 0 spiro atoms. The molecular formula is C22H20N2O3S. The van der Waals surface area contributed by atoms with Crippen molar-refractivity contribution in [2.24, 2.45) is 5.73 Å². The Morgan fingerprint density at radius 2 is 1.89 bits per heavy atom. The fraction of sp³-hybridized carbons (Fsp3) is 0.182. The fourth-order valence-electron chi connectivity index (χ4n) is 3.39. The number of thiophene rings is 1. The standard InChI is InChI=1S/C22H20N2O3S/c1-13-2-4-15(5-3-13)18-12-28-22-17(10-20(26)24-21(18)22)14-6-8-16(9-7-14)27-11-19(23)25/h2-9,12,17H,10-11H2,1H3,(H2,23,25)(H,24,26)/t17-/m1/s1. The Morgan fingerprint density at radius 1 is 1.18 bits per heavy atom. The molecule has 0 saturated carbocycles. The Hall–Kier alpha value is -3.12. The average molecular weight is 392 g/mol. The summed E-state index contributed by atoms with van der Waals surface area (Å²) in [7, 11) is 0. The quantitative estimate of drug-likeness (QED) is 0.687. The minimum Gasteiger partial charge on any atom is -0.484 e. The first-order chi connectivity index (χ1) is 13.5. The molecule has 6 heteroatoms. The van der Waals surface area contributed by atoms with Crippen molar-refractivity contribution >= 4 is 28.8 Å². The van der Waals surface area contributed by atoms with E-state index in [0.717, 1.165) is 27.3 Å². The smallest absolute Gasteiger partial charge is 0.255 e. The zero-order valence-corrected chi connectivity index (χ0v) is 16.2. The molecule has 2 heterocycles. The van der Waals surface area contributed by atoms with Crippen LogP contribution in [0.1, 0.15) is 28.3 Å². The Bertz CT molecular complexity index is 1020. The molecule has 142 valence electrons. The Balaban J connectivity index is 1.65. The first kappa shape index (κ1) is 18.3. The topological polar surface area (TPSA) is 81.4 Å². The third-order valence-electron chi connectivity index (χ3n) is 4.82. The lowest BCUT2D eigenvalue weighted by Crippen LogP contribution is -2.22. The molecule has 0 saturated heterocycles. The van der Waals surface area contributed by atoms with Gasteiger partial charge in [-0.3, -0.25) is 9.59 Å². The number of carbonyl (C=O) groups is 2. The number of nitrogens with one attached hydrogen (secondary N) is 1. The van der Waals surface area contributed by atoms with Gasteiger partial charge in [-0.2, -0.15) is 0 Å². The van der Waals surface area contributed by atoms with Crippen LogP contribution in [0.3, 0.4) is 0 Å². The van der Waals surface area contributed by atoms with Crippen molar-refractivity contribution in [3.05, 3.63) is 69.9 Å². The Labute approximate surface area is 167 Å². The summed E-state index contributed by atoms with van der Waals surface area (Å²) in [6.45, 7) is 1.90. The van der Waals surface area contributed by atoms with E-state index in [2.05, 4.69) is 41.9 Å². The highest BCUT2D eigenvalue weighted by Crippen LogP contribution is 2.46. The summed E-state index contributed by atoms with van der Waals surface area (Å²) < 4.78 is 5.32. The number of amides is 2. The number of benzene rings is 2. The minimum atomic E-state index is -0.514. The number of hydrogen-bond donors (Lipinski definition) is 2. The van der Waals surface area contributed by atoms with Gasteiger partial charge in [0.15, 0.2) is 6.61 Å². The van der Waals surface area contributed by atoms with Crippen LogP contribution >= 0.6 is 11.3 Å². The molecule has 1 aliphatic heterocycles. The van der Waals surface area contributed by atoms with Crippen LogP contribution in [0.5, 0.6) is 5.75 Å². The van der Waals surface area contributed by atoms with Gasteiger partial charge in [-0.25, -0.2) is 0 Å². The third kappa shape index (κ3) is 3.64. The van der Waals surface area contributed by atoms with Gasteiger partial charge in [-0.1, -0.05) is 42.0 Å². The van der Waals surface area contributed by atoms with Crippen molar-refractivity contribution in [3.8, 4) is 16.9 Å². The fourth-order valence-corrected chi connectivity index (χ4v) is 4.55.